The van der Waals surface area contributed by atoms with E-state index in [9.17, 15) is 19.7 Å². The van der Waals surface area contributed by atoms with E-state index < -0.39 is 11.0 Å². The molecule has 3 rings (SSSR count). The Kier molecular flexibility index (Phi) is 7.68. The van der Waals surface area contributed by atoms with Gasteiger partial charge in [0.25, 0.3) is 5.69 Å². The fourth-order valence-electron chi connectivity index (χ4n) is 3.75. The number of nitrogens with zero attached hydrogens (tertiary/aromatic N) is 3. The minimum Gasteiger partial charge on any atom is -0.334 e. The standard InChI is InChI=1S/C23H23ClN4O4/c1-2-13-26(16-17-9-11-18(12-10-17)28(31)32)23(30)25-15-22(29)27-14-5-8-21(27)19-6-3-4-7-20(19)24/h1,3-4,6-7,9-12,21H,5,8,13-16H2,(H,25,30). The second-order valence-electron chi connectivity index (χ2n) is 7.41. The fourth-order valence-corrected chi connectivity index (χ4v) is 4.01. The number of rotatable bonds is 7. The molecule has 1 heterocycles. The van der Waals surface area contributed by atoms with Gasteiger partial charge < -0.3 is 15.1 Å². The predicted octanol–water partition coefficient (Wildman–Crippen LogP) is 3.76. The molecule has 0 aromatic heterocycles. The summed E-state index contributed by atoms with van der Waals surface area (Å²) < 4.78 is 0. The van der Waals surface area contributed by atoms with Gasteiger partial charge in [-0.15, -0.1) is 6.42 Å². The highest BCUT2D eigenvalue weighted by Crippen LogP contribution is 2.35. The van der Waals surface area contributed by atoms with Crippen LogP contribution in [0, 0.1) is 22.5 Å². The Labute approximate surface area is 191 Å². The Balaban J connectivity index is 1.60. The molecule has 1 aliphatic rings. The Morgan fingerprint density at radius 2 is 1.97 bits per heavy atom. The molecule has 0 radical (unpaired) electrons. The highest BCUT2D eigenvalue weighted by molar-refractivity contribution is 6.31. The van der Waals surface area contributed by atoms with E-state index in [4.69, 9.17) is 18.0 Å². The number of amides is 3. The third kappa shape index (κ3) is 5.56. The van der Waals surface area contributed by atoms with Crippen LogP contribution in [0.5, 0.6) is 0 Å². The molecule has 1 aliphatic heterocycles. The molecule has 0 bridgehead atoms. The van der Waals surface area contributed by atoms with Crippen molar-refractivity contribution in [2.24, 2.45) is 0 Å². The number of urea groups is 1. The lowest BCUT2D eigenvalue weighted by Crippen LogP contribution is -2.45. The molecule has 8 nitrogen and oxygen atoms in total. The molecule has 0 aliphatic carbocycles. The number of carbonyl (C=O) groups is 2. The quantitative estimate of drug-likeness (QED) is 0.391. The lowest BCUT2D eigenvalue weighted by Gasteiger charge is -2.27. The average molecular weight is 455 g/mol. The van der Waals surface area contributed by atoms with Gasteiger partial charge in [0, 0.05) is 30.2 Å². The second-order valence-corrected chi connectivity index (χ2v) is 7.82. The molecule has 9 heteroatoms. The molecule has 2 aromatic carbocycles. The van der Waals surface area contributed by atoms with Crippen LogP contribution in [-0.4, -0.2) is 46.3 Å². The summed E-state index contributed by atoms with van der Waals surface area (Å²) in [6, 6.07) is 12.7. The maximum atomic E-state index is 12.8. The number of nitrogens with one attached hydrogen (secondary N) is 1. The van der Waals surface area contributed by atoms with E-state index in [2.05, 4.69) is 11.2 Å². The van der Waals surface area contributed by atoms with Gasteiger partial charge >= 0.3 is 6.03 Å². The molecular weight excluding hydrogens is 432 g/mol. The number of halogens is 1. The van der Waals surface area contributed by atoms with Crippen molar-refractivity contribution in [1.82, 2.24) is 15.1 Å². The normalized spacial score (nSPS) is 15.1. The van der Waals surface area contributed by atoms with Crippen LogP contribution in [0.2, 0.25) is 5.02 Å². The maximum Gasteiger partial charge on any atom is 0.318 e. The number of non-ortho nitro benzene ring substituents is 1. The van der Waals surface area contributed by atoms with Gasteiger partial charge in [0.2, 0.25) is 5.91 Å². The van der Waals surface area contributed by atoms with Gasteiger partial charge in [-0.3, -0.25) is 14.9 Å². The van der Waals surface area contributed by atoms with Gasteiger partial charge in [-0.1, -0.05) is 47.9 Å². The van der Waals surface area contributed by atoms with Crippen molar-refractivity contribution >= 4 is 29.2 Å². The monoisotopic (exact) mass is 454 g/mol. The van der Waals surface area contributed by atoms with Crippen LogP contribution in [0.1, 0.15) is 30.0 Å². The largest absolute Gasteiger partial charge is 0.334 e. The van der Waals surface area contributed by atoms with E-state index in [1.807, 2.05) is 18.2 Å². The molecular formula is C23H23ClN4O4. The molecule has 32 heavy (non-hydrogen) atoms. The molecule has 2 aromatic rings. The molecule has 166 valence electrons. The predicted molar refractivity (Wildman–Crippen MR) is 121 cm³/mol. The fraction of sp³-hybridized carbons (Fsp3) is 0.304. The first-order valence-corrected chi connectivity index (χ1v) is 10.5. The Bertz CT molecular complexity index is 1040. The topological polar surface area (TPSA) is 95.8 Å². The zero-order chi connectivity index (χ0) is 23.1. The van der Waals surface area contributed by atoms with Gasteiger partial charge in [0.1, 0.15) is 0 Å². The van der Waals surface area contributed by atoms with E-state index in [-0.39, 0.29) is 37.3 Å². The Morgan fingerprint density at radius 3 is 2.62 bits per heavy atom. The molecule has 1 atom stereocenters. The molecule has 1 fully saturated rings. The SMILES string of the molecule is C#CCN(Cc1ccc([N+](=O)[O-])cc1)C(=O)NCC(=O)N1CCCC1c1ccccc1Cl. The van der Waals surface area contributed by atoms with Crippen molar-refractivity contribution in [2.75, 3.05) is 19.6 Å². The van der Waals surface area contributed by atoms with Crippen molar-refractivity contribution < 1.29 is 14.5 Å². The first-order chi connectivity index (χ1) is 15.4. The minimum atomic E-state index is -0.491. The van der Waals surface area contributed by atoms with Gasteiger partial charge in [-0.05, 0) is 30.0 Å². The smallest absolute Gasteiger partial charge is 0.318 e. The van der Waals surface area contributed by atoms with Crippen molar-refractivity contribution in [3.63, 3.8) is 0 Å². The maximum absolute atomic E-state index is 12.8. The Morgan fingerprint density at radius 1 is 1.25 bits per heavy atom. The highest BCUT2D eigenvalue weighted by atomic mass is 35.5. The third-order valence-electron chi connectivity index (χ3n) is 5.32. The number of hydrogen-bond acceptors (Lipinski definition) is 4. The molecule has 1 N–H and O–H groups in total. The third-order valence-corrected chi connectivity index (χ3v) is 5.66. The second kappa shape index (κ2) is 10.6. The summed E-state index contributed by atoms with van der Waals surface area (Å²) in [5.74, 6) is 2.23. The van der Waals surface area contributed by atoms with Crippen molar-refractivity contribution in [3.8, 4) is 12.3 Å². The van der Waals surface area contributed by atoms with Crippen LogP contribution < -0.4 is 5.32 Å². The van der Waals surface area contributed by atoms with E-state index in [1.54, 1.807) is 23.1 Å². The van der Waals surface area contributed by atoms with Gasteiger partial charge in [0.05, 0.1) is 24.1 Å². The van der Waals surface area contributed by atoms with Crippen LogP contribution in [0.25, 0.3) is 0 Å². The summed E-state index contributed by atoms with van der Waals surface area (Å²) in [6.45, 7) is 0.625. The van der Waals surface area contributed by atoms with E-state index >= 15 is 0 Å². The van der Waals surface area contributed by atoms with Crippen LogP contribution in [0.4, 0.5) is 10.5 Å². The van der Waals surface area contributed by atoms with Crippen LogP contribution in [-0.2, 0) is 11.3 Å². The number of nitro groups is 1. The van der Waals surface area contributed by atoms with Gasteiger partial charge in [-0.25, -0.2) is 4.79 Å². The number of likely N-dealkylation sites (tertiary alicyclic amines) is 1. The van der Waals surface area contributed by atoms with Crippen LogP contribution in [0.15, 0.2) is 48.5 Å². The first kappa shape index (κ1) is 23.1. The zero-order valence-corrected chi connectivity index (χ0v) is 18.1. The molecule has 1 unspecified atom stereocenters. The summed E-state index contributed by atoms with van der Waals surface area (Å²) in [7, 11) is 0. The van der Waals surface area contributed by atoms with Crippen molar-refractivity contribution in [1.29, 1.82) is 0 Å². The molecule has 0 spiro atoms. The number of hydrogen-bond donors (Lipinski definition) is 1. The Hall–Kier alpha value is -3.57. The summed E-state index contributed by atoms with van der Waals surface area (Å²) in [4.78, 5) is 38.9. The first-order valence-electron chi connectivity index (χ1n) is 10.1. The number of nitro benzene ring substituents is 1. The van der Waals surface area contributed by atoms with E-state index in [0.717, 1.165) is 18.4 Å². The molecule has 3 amide bonds. The number of terminal acetylenes is 1. The average Bonchev–Trinajstić information content (AvgIpc) is 3.27. The lowest BCUT2D eigenvalue weighted by molar-refractivity contribution is -0.384. The van der Waals surface area contributed by atoms with Gasteiger partial charge in [-0.2, -0.15) is 0 Å². The summed E-state index contributed by atoms with van der Waals surface area (Å²) in [5, 5.41) is 14.1. The zero-order valence-electron chi connectivity index (χ0n) is 17.4. The van der Waals surface area contributed by atoms with Crippen LogP contribution >= 0.6 is 11.6 Å². The van der Waals surface area contributed by atoms with E-state index in [1.165, 1.54) is 17.0 Å². The summed E-state index contributed by atoms with van der Waals surface area (Å²) >= 11 is 6.31. The summed E-state index contributed by atoms with van der Waals surface area (Å²) in [5.41, 5.74) is 1.55. The number of benzene rings is 2. The molecule has 1 saturated heterocycles. The van der Waals surface area contributed by atoms with Crippen LogP contribution in [0.3, 0.4) is 0 Å². The lowest BCUT2D eigenvalue weighted by atomic mass is 10.0. The molecule has 0 saturated carbocycles. The number of carbonyl (C=O) groups excluding carboxylic acids is 2. The van der Waals surface area contributed by atoms with Crippen molar-refractivity contribution in [2.45, 2.75) is 25.4 Å². The van der Waals surface area contributed by atoms with Gasteiger partial charge in [0.15, 0.2) is 0 Å². The summed E-state index contributed by atoms with van der Waals surface area (Å²) in [6.07, 6.45) is 7.06. The minimum absolute atomic E-state index is 0.0307. The highest BCUT2D eigenvalue weighted by Gasteiger charge is 2.31. The van der Waals surface area contributed by atoms with Crippen molar-refractivity contribution in [3.05, 3.63) is 74.8 Å². The van der Waals surface area contributed by atoms with E-state index in [0.29, 0.717) is 17.1 Å².